The third-order valence-electron chi connectivity index (χ3n) is 3.33. The number of aromatic nitrogens is 3. The van der Waals surface area contributed by atoms with Gasteiger partial charge in [0.15, 0.2) is 5.65 Å². The van der Waals surface area contributed by atoms with Gasteiger partial charge in [0.1, 0.15) is 11.3 Å². The molecule has 96 valence electrons. The van der Waals surface area contributed by atoms with E-state index >= 15 is 0 Å². The highest BCUT2D eigenvalue weighted by atomic mass is 35.5. The van der Waals surface area contributed by atoms with Gasteiger partial charge in [0.05, 0.1) is 5.38 Å². The van der Waals surface area contributed by atoms with Gasteiger partial charge in [-0.15, -0.1) is 11.6 Å². The van der Waals surface area contributed by atoms with E-state index in [1.165, 1.54) is 18.6 Å². The Labute approximate surface area is 116 Å². The summed E-state index contributed by atoms with van der Waals surface area (Å²) in [6.45, 7) is 1.98. The van der Waals surface area contributed by atoms with Crippen molar-refractivity contribution in [1.29, 1.82) is 0 Å². The number of thioether (sulfide) groups is 1. The molecule has 1 aliphatic rings. The van der Waals surface area contributed by atoms with E-state index in [9.17, 15) is 0 Å². The molecule has 0 radical (unpaired) electrons. The minimum Gasteiger partial charge on any atom is -0.308 e. The second-order valence-corrected chi connectivity index (χ2v) is 6.48. The van der Waals surface area contributed by atoms with Gasteiger partial charge in [-0.2, -0.15) is 11.8 Å². The zero-order valence-corrected chi connectivity index (χ0v) is 11.9. The van der Waals surface area contributed by atoms with Crippen molar-refractivity contribution in [2.75, 3.05) is 11.5 Å². The number of rotatable bonds is 2. The first kappa shape index (κ1) is 12.3. The second kappa shape index (κ2) is 5.10. The van der Waals surface area contributed by atoms with Gasteiger partial charge in [0.25, 0.3) is 0 Å². The molecular formula is C13H16ClN3S. The molecule has 3 heterocycles. The van der Waals surface area contributed by atoms with Gasteiger partial charge in [-0.1, -0.05) is 0 Å². The monoisotopic (exact) mass is 281 g/mol. The van der Waals surface area contributed by atoms with Crippen molar-refractivity contribution in [3.05, 3.63) is 24.2 Å². The first-order valence-electron chi connectivity index (χ1n) is 6.32. The highest BCUT2D eigenvalue weighted by Crippen LogP contribution is 2.33. The maximum Gasteiger partial charge on any atom is 0.160 e. The molecule has 5 heteroatoms. The molecule has 0 bridgehead atoms. The summed E-state index contributed by atoms with van der Waals surface area (Å²) in [6, 6.07) is 4.43. The fourth-order valence-corrected chi connectivity index (χ4v) is 3.79. The van der Waals surface area contributed by atoms with Crippen LogP contribution in [0.4, 0.5) is 0 Å². The first-order chi connectivity index (χ1) is 8.77. The van der Waals surface area contributed by atoms with E-state index in [1.807, 2.05) is 37.0 Å². The van der Waals surface area contributed by atoms with Crippen molar-refractivity contribution >= 4 is 34.5 Å². The predicted molar refractivity (Wildman–Crippen MR) is 77.4 cm³/mol. The van der Waals surface area contributed by atoms with Gasteiger partial charge < -0.3 is 4.57 Å². The first-order valence-corrected chi connectivity index (χ1v) is 7.91. The minimum absolute atomic E-state index is 0.0777. The summed E-state index contributed by atoms with van der Waals surface area (Å²) in [5, 5.41) is -0.0777. The van der Waals surface area contributed by atoms with Gasteiger partial charge in [0, 0.05) is 18.0 Å². The smallest absolute Gasteiger partial charge is 0.160 e. The molecule has 1 saturated heterocycles. The number of imidazole rings is 1. The quantitative estimate of drug-likeness (QED) is 0.785. The SMILES string of the molecule is CC(Cl)c1nc2cccnc2n1C1CCCSC1. The van der Waals surface area contributed by atoms with Crippen LogP contribution in [0.1, 0.15) is 37.0 Å². The Morgan fingerprint density at radius 1 is 1.56 bits per heavy atom. The third-order valence-corrected chi connectivity index (χ3v) is 4.73. The van der Waals surface area contributed by atoms with Gasteiger partial charge in [-0.3, -0.25) is 0 Å². The van der Waals surface area contributed by atoms with Crippen LogP contribution in [0, 0.1) is 0 Å². The highest BCUT2D eigenvalue weighted by Gasteiger charge is 2.24. The highest BCUT2D eigenvalue weighted by molar-refractivity contribution is 7.99. The maximum absolute atomic E-state index is 6.28. The van der Waals surface area contributed by atoms with Crippen LogP contribution in [0.5, 0.6) is 0 Å². The van der Waals surface area contributed by atoms with Gasteiger partial charge >= 0.3 is 0 Å². The number of hydrogen-bond acceptors (Lipinski definition) is 3. The Hall–Kier alpha value is -0.740. The summed E-state index contributed by atoms with van der Waals surface area (Å²) in [6.07, 6.45) is 4.29. The van der Waals surface area contributed by atoms with Crippen molar-refractivity contribution < 1.29 is 0 Å². The summed E-state index contributed by atoms with van der Waals surface area (Å²) < 4.78 is 2.26. The number of pyridine rings is 1. The molecule has 1 fully saturated rings. The fraction of sp³-hybridized carbons (Fsp3) is 0.538. The lowest BCUT2D eigenvalue weighted by Gasteiger charge is -2.25. The molecule has 2 aromatic heterocycles. The molecular weight excluding hydrogens is 266 g/mol. The zero-order valence-electron chi connectivity index (χ0n) is 10.3. The molecule has 0 N–H and O–H groups in total. The average molecular weight is 282 g/mol. The van der Waals surface area contributed by atoms with Gasteiger partial charge in [-0.25, -0.2) is 9.97 Å². The van der Waals surface area contributed by atoms with E-state index in [0.717, 1.165) is 22.7 Å². The third kappa shape index (κ3) is 2.12. The molecule has 0 spiro atoms. The van der Waals surface area contributed by atoms with E-state index < -0.39 is 0 Å². The lowest BCUT2D eigenvalue weighted by atomic mass is 10.2. The lowest BCUT2D eigenvalue weighted by molar-refractivity contribution is 0.491. The number of nitrogens with zero attached hydrogens (tertiary/aromatic N) is 3. The molecule has 2 unspecified atom stereocenters. The molecule has 18 heavy (non-hydrogen) atoms. The number of hydrogen-bond donors (Lipinski definition) is 0. The van der Waals surface area contributed by atoms with E-state index in [-0.39, 0.29) is 5.38 Å². The zero-order chi connectivity index (χ0) is 12.5. The molecule has 0 amide bonds. The average Bonchev–Trinajstić information content (AvgIpc) is 2.79. The van der Waals surface area contributed by atoms with Crippen LogP contribution in [0.25, 0.3) is 11.2 Å². The van der Waals surface area contributed by atoms with Crippen LogP contribution in [-0.4, -0.2) is 26.0 Å². The molecule has 3 rings (SSSR count). The van der Waals surface area contributed by atoms with Crippen molar-refractivity contribution in [1.82, 2.24) is 14.5 Å². The Morgan fingerprint density at radius 2 is 2.44 bits per heavy atom. The Morgan fingerprint density at radius 3 is 3.17 bits per heavy atom. The Balaban J connectivity index is 2.14. The lowest BCUT2D eigenvalue weighted by Crippen LogP contribution is -2.19. The summed E-state index contributed by atoms with van der Waals surface area (Å²) in [5.41, 5.74) is 1.93. The Kier molecular flexibility index (Phi) is 3.48. The van der Waals surface area contributed by atoms with E-state index in [2.05, 4.69) is 14.5 Å². The van der Waals surface area contributed by atoms with Crippen LogP contribution < -0.4 is 0 Å². The Bertz CT molecular complexity index is 546. The number of alkyl halides is 1. The summed E-state index contributed by atoms with van der Waals surface area (Å²) in [5.74, 6) is 3.36. The van der Waals surface area contributed by atoms with Crippen LogP contribution in [0.15, 0.2) is 18.3 Å². The maximum atomic E-state index is 6.28. The van der Waals surface area contributed by atoms with E-state index in [1.54, 1.807) is 0 Å². The van der Waals surface area contributed by atoms with E-state index in [0.29, 0.717) is 6.04 Å². The summed E-state index contributed by atoms with van der Waals surface area (Å²) in [4.78, 5) is 9.14. The molecule has 2 atom stereocenters. The van der Waals surface area contributed by atoms with Crippen molar-refractivity contribution in [2.45, 2.75) is 31.2 Å². The summed E-state index contributed by atoms with van der Waals surface area (Å²) in [7, 11) is 0. The van der Waals surface area contributed by atoms with Crippen LogP contribution in [0.2, 0.25) is 0 Å². The molecule has 0 aromatic carbocycles. The minimum atomic E-state index is -0.0777. The number of halogens is 1. The predicted octanol–water partition coefficient (Wildman–Crippen LogP) is 3.80. The van der Waals surface area contributed by atoms with Gasteiger partial charge in [-0.05, 0) is 37.7 Å². The molecule has 3 nitrogen and oxygen atoms in total. The molecule has 0 saturated carbocycles. The van der Waals surface area contributed by atoms with Crippen LogP contribution in [-0.2, 0) is 0 Å². The summed E-state index contributed by atoms with van der Waals surface area (Å²) >= 11 is 8.29. The normalized spacial score (nSPS) is 22.2. The van der Waals surface area contributed by atoms with Crippen LogP contribution in [0.3, 0.4) is 0 Å². The van der Waals surface area contributed by atoms with Gasteiger partial charge in [0.2, 0.25) is 0 Å². The molecule has 1 aliphatic heterocycles. The van der Waals surface area contributed by atoms with Crippen molar-refractivity contribution in [3.63, 3.8) is 0 Å². The van der Waals surface area contributed by atoms with Crippen LogP contribution >= 0.6 is 23.4 Å². The van der Waals surface area contributed by atoms with E-state index in [4.69, 9.17) is 11.6 Å². The standard InChI is InChI=1S/C13H16ClN3S/c1-9(14)12-16-11-5-2-6-15-13(11)17(12)10-4-3-7-18-8-10/h2,5-6,9-10H,3-4,7-8H2,1H3. The van der Waals surface area contributed by atoms with Crippen molar-refractivity contribution in [3.8, 4) is 0 Å². The molecule has 2 aromatic rings. The topological polar surface area (TPSA) is 30.7 Å². The second-order valence-electron chi connectivity index (χ2n) is 4.67. The molecule has 0 aliphatic carbocycles. The fourth-order valence-electron chi connectivity index (χ4n) is 2.52. The largest absolute Gasteiger partial charge is 0.308 e. The van der Waals surface area contributed by atoms with Crippen molar-refractivity contribution in [2.24, 2.45) is 0 Å². The number of fused-ring (bicyclic) bond motifs is 1.